The van der Waals surface area contributed by atoms with Crippen LogP contribution in [0.4, 0.5) is 0 Å². The number of rotatable bonds is 4. The van der Waals surface area contributed by atoms with E-state index in [1.54, 1.807) is 7.11 Å². The first-order valence-corrected chi connectivity index (χ1v) is 8.27. The fraction of sp³-hybridized carbons (Fsp3) is 0.316. The second kappa shape index (κ2) is 6.29. The molecule has 0 radical (unpaired) electrons. The highest BCUT2D eigenvalue weighted by Crippen LogP contribution is 2.40. The van der Waals surface area contributed by atoms with E-state index in [4.69, 9.17) is 14.2 Å². The van der Waals surface area contributed by atoms with Gasteiger partial charge < -0.3 is 24.6 Å². The van der Waals surface area contributed by atoms with Gasteiger partial charge in [0.05, 0.1) is 19.6 Å². The third kappa shape index (κ3) is 2.78. The van der Waals surface area contributed by atoms with Gasteiger partial charge in [0, 0.05) is 5.56 Å². The van der Waals surface area contributed by atoms with E-state index in [1.165, 1.54) is 0 Å². The van der Waals surface area contributed by atoms with Crippen molar-refractivity contribution in [1.82, 2.24) is 0 Å². The quantitative estimate of drug-likeness (QED) is 0.881. The lowest BCUT2D eigenvalue weighted by molar-refractivity contribution is -0.679. The summed E-state index contributed by atoms with van der Waals surface area (Å²) < 4.78 is 16.0. The third-order valence-corrected chi connectivity index (χ3v) is 5.07. The van der Waals surface area contributed by atoms with Crippen molar-refractivity contribution in [2.24, 2.45) is 5.92 Å². The number of carboxylic acids is 1. The number of hydrogen-bond donors (Lipinski definition) is 2. The molecule has 2 aliphatic rings. The van der Waals surface area contributed by atoms with Crippen molar-refractivity contribution in [3.05, 3.63) is 53.6 Å². The van der Waals surface area contributed by atoms with Crippen molar-refractivity contribution in [2.75, 3.05) is 20.4 Å². The molecular weight excluding hydrogens is 322 g/mol. The highest BCUT2D eigenvalue weighted by Gasteiger charge is 2.46. The van der Waals surface area contributed by atoms with Crippen molar-refractivity contribution >= 4 is 5.97 Å². The molecule has 0 spiro atoms. The van der Waals surface area contributed by atoms with Crippen LogP contribution in [0.2, 0.25) is 0 Å². The van der Waals surface area contributed by atoms with Crippen LogP contribution in [-0.4, -0.2) is 31.5 Å². The first kappa shape index (κ1) is 15.8. The predicted molar refractivity (Wildman–Crippen MR) is 89.0 cm³/mol. The molecule has 2 unspecified atom stereocenters. The van der Waals surface area contributed by atoms with Crippen LogP contribution >= 0.6 is 0 Å². The second-order valence-corrected chi connectivity index (χ2v) is 6.35. The number of hydrogen-bond acceptors (Lipinski definition) is 4. The average Bonchev–Trinajstić information content (AvgIpc) is 3.27. The van der Waals surface area contributed by atoms with Crippen LogP contribution in [-0.2, 0) is 4.79 Å². The molecule has 2 heterocycles. The zero-order valence-electron chi connectivity index (χ0n) is 13.8. The van der Waals surface area contributed by atoms with Crippen LogP contribution in [0.25, 0.3) is 0 Å². The molecule has 0 amide bonds. The first-order valence-electron chi connectivity index (χ1n) is 8.27. The minimum Gasteiger partial charge on any atom is -0.497 e. The Morgan fingerprint density at radius 3 is 2.56 bits per heavy atom. The number of fused-ring (bicyclic) bond motifs is 1. The molecule has 3 N–H and O–H groups in total. The highest BCUT2D eigenvalue weighted by molar-refractivity contribution is 5.73. The number of benzene rings is 2. The van der Waals surface area contributed by atoms with E-state index >= 15 is 0 Å². The van der Waals surface area contributed by atoms with Crippen LogP contribution in [0.1, 0.15) is 23.1 Å². The van der Waals surface area contributed by atoms with E-state index in [0.29, 0.717) is 18.0 Å². The Morgan fingerprint density at radius 1 is 1.12 bits per heavy atom. The van der Waals surface area contributed by atoms with Crippen LogP contribution in [0.3, 0.4) is 0 Å². The van der Waals surface area contributed by atoms with E-state index < -0.39 is 11.9 Å². The summed E-state index contributed by atoms with van der Waals surface area (Å²) in [4.78, 5) is 12.0. The standard InChI is InChI=1S/C19H19NO5/c1-23-13-5-2-11(3-6-13)18-17(19(21)22)14(9-20-18)12-4-7-15-16(8-12)25-10-24-15/h2-8,14,17-18,20H,9-10H2,1H3,(H,21,22)/p+1/t14?,17-,18?/m1/s1. The van der Waals surface area contributed by atoms with Crippen LogP contribution in [0, 0.1) is 5.92 Å². The van der Waals surface area contributed by atoms with E-state index in [0.717, 1.165) is 16.9 Å². The zero-order chi connectivity index (χ0) is 17.4. The van der Waals surface area contributed by atoms with Gasteiger partial charge in [0.25, 0.3) is 0 Å². The lowest BCUT2D eigenvalue weighted by Crippen LogP contribution is -2.82. The number of quaternary nitrogens is 1. The molecule has 0 saturated carbocycles. The smallest absolute Gasteiger partial charge is 0.313 e. The summed E-state index contributed by atoms with van der Waals surface area (Å²) in [6.45, 7) is 0.930. The summed E-state index contributed by atoms with van der Waals surface area (Å²) in [7, 11) is 1.62. The average molecular weight is 342 g/mol. The lowest BCUT2D eigenvalue weighted by atomic mass is 9.83. The number of ether oxygens (including phenoxy) is 3. The van der Waals surface area contributed by atoms with Gasteiger partial charge in [-0.3, -0.25) is 4.79 Å². The van der Waals surface area contributed by atoms with Gasteiger partial charge in [-0.25, -0.2) is 0 Å². The molecular formula is C19H20NO5+. The van der Waals surface area contributed by atoms with E-state index in [2.05, 4.69) is 5.32 Å². The molecule has 3 atom stereocenters. The SMILES string of the molecule is COc1ccc(C2[NH2+]CC(c3ccc4c(c3)OCO4)[C@H]2C(=O)O)cc1. The third-order valence-electron chi connectivity index (χ3n) is 5.07. The largest absolute Gasteiger partial charge is 0.497 e. The molecule has 2 aliphatic heterocycles. The van der Waals surface area contributed by atoms with Gasteiger partial charge >= 0.3 is 5.97 Å². The number of carboxylic acid groups (broad SMARTS) is 1. The van der Waals surface area contributed by atoms with Gasteiger partial charge in [-0.2, -0.15) is 0 Å². The van der Waals surface area contributed by atoms with Crippen molar-refractivity contribution in [2.45, 2.75) is 12.0 Å². The normalized spacial score (nSPS) is 24.3. The van der Waals surface area contributed by atoms with E-state index in [9.17, 15) is 9.90 Å². The zero-order valence-corrected chi connectivity index (χ0v) is 13.8. The topological polar surface area (TPSA) is 81.6 Å². The molecule has 0 aromatic heterocycles. The van der Waals surface area contributed by atoms with Crippen LogP contribution < -0.4 is 19.5 Å². The maximum atomic E-state index is 12.0. The maximum Gasteiger partial charge on any atom is 0.313 e. The minimum absolute atomic E-state index is 0.0842. The second-order valence-electron chi connectivity index (χ2n) is 6.35. The Morgan fingerprint density at radius 2 is 1.84 bits per heavy atom. The van der Waals surface area contributed by atoms with Crippen molar-refractivity contribution < 1.29 is 29.4 Å². The van der Waals surface area contributed by atoms with Crippen LogP contribution in [0.15, 0.2) is 42.5 Å². The molecule has 6 heteroatoms. The van der Waals surface area contributed by atoms with Gasteiger partial charge in [-0.1, -0.05) is 6.07 Å². The molecule has 1 saturated heterocycles. The Kier molecular flexibility index (Phi) is 3.97. The first-order chi connectivity index (χ1) is 12.2. The number of aliphatic carboxylic acids is 1. The Bertz CT molecular complexity index is 789. The Hall–Kier alpha value is -2.73. The Labute approximate surface area is 145 Å². The molecule has 2 aromatic carbocycles. The summed E-state index contributed by atoms with van der Waals surface area (Å²) in [6.07, 6.45) is 0. The molecule has 25 heavy (non-hydrogen) atoms. The highest BCUT2D eigenvalue weighted by atomic mass is 16.7. The van der Waals surface area contributed by atoms with Gasteiger partial charge in [0.1, 0.15) is 17.7 Å². The summed E-state index contributed by atoms with van der Waals surface area (Å²) in [5.41, 5.74) is 1.97. The van der Waals surface area contributed by atoms with Gasteiger partial charge in [0.15, 0.2) is 11.5 Å². The lowest BCUT2D eigenvalue weighted by Gasteiger charge is -2.18. The van der Waals surface area contributed by atoms with Gasteiger partial charge in [-0.05, 0) is 42.0 Å². The van der Waals surface area contributed by atoms with Crippen molar-refractivity contribution in [3.63, 3.8) is 0 Å². The van der Waals surface area contributed by atoms with Crippen LogP contribution in [0.5, 0.6) is 17.2 Å². The van der Waals surface area contributed by atoms with Gasteiger partial charge in [-0.15, -0.1) is 0 Å². The molecule has 0 bridgehead atoms. The fourth-order valence-corrected chi connectivity index (χ4v) is 3.82. The summed E-state index contributed by atoms with van der Waals surface area (Å²) in [6, 6.07) is 13.2. The minimum atomic E-state index is -0.780. The molecule has 1 fully saturated rings. The summed E-state index contributed by atoms with van der Waals surface area (Å²) >= 11 is 0. The van der Waals surface area contributed by atoms with E-state index in [-0.39, 0.29) is 18.8 Å². The number of methoxy groups -OCH3 is 1. The van der Waals surface area contributed by atoms with E-state index in [1.807, 2.05) is 42.5 Å². The van der Waals surface area contributed by atoms with Crippen molar-refractivity contribution in [3.8, 4) is 17.2 Å². The molecule has 2 aromatic rings. The molecule has 0 aliphatic carbocycles. The molecule has 130 valence electrons. The Balaban J connectivity index is 1.64. The summed E-state index contributed by atoms with van der Waals surface area (Å²) in [5.74, 6) is 0.796. The van der Waals surface area contributed by atoms with Crippen molar-refractivity contribution in [1.29, 1.82) is 0 Å². The number of carbonyl (C=O) groups is 1. The monoisotopic (exact) mass is 342 g/mol. The predicted octanol–water partition coefficient (Wildman–Crippen LogP) is 1.53. The molecule has 6 nitrogen and oxygen atoms in total. The van der Waals surface area contributed by atoms with Gasteiger partial charge in [0.2, 0.25) is 6.79 Å². The summed E-state index contributed by atoms with van der Waals surface area (Å²) in [5, 5.41) is 12.0. The fourth-order valence-electron chi connectivity index (χ4n) is 3.82. The number of nitrogens with two attached hydrogens (primary N) is 1. The molecule has 4 rings (SSSR count). The maximum absolute atomic E-state index is 12.0.